The molecule has 2 rings (SSSR count). The highest BCUT2D eigenvalue weighted by molar-refractivity contribution is 7.89. The highest BCUT2D eigenvalue weighted by Gasteiger charge is 2.31. The standard InChI is InChI=1S/C14H23N3O2S/c1-4-12-10-17(8-7-16(12)3)20(18,19)13-5-6-14(15)11(2)9-13/h5-6,9,12H,4,7-8,10,15H2,1-3H3. The fourth-order valence-corrected chi connectivity index (χ4v) is 4.09. The number of rotatable bonds is 3. The molecular weight excluding hydrogens is 274 g/mol. The lowest BCUT2D eigenvalue weighted by Gasteiger charge is -2.38. The molecule has 2 N–H and O–H groups in total. The highest BCUT2D eigenvalue weighted by Crippen LogP contribution is 2.23. The van der Waals surface area contributed by atoms with Crippen molar-refractivity contribution in [2.75, 3.05) is 32.4 Å². The predicted octanol–water partition coefficient (Wildman–Crippen LogP) is 1.29. The minimum atomic E-state index is -3.42. The zero-order valence-electron chi connectivity index (χ0n) is 12.3. The van der Waals surface area contributed by atoms with Gasteiger partial charge < -0.3 is 10.6 Å². The van der Waals surface area contributed by atoms with Gasteiger partial charge in [-0.1, -0.05) is 6.92 Å². The summed E-state index contributed by atoms with van der Waals surface area (Å²) in [5.41, 5.74) is 7.17. The highest BCUT2D eigenvalue weighted by atomic mass is 32.2. The van der Waals surface area contributed by atoms with Gasteiger partial charge in [-0.2, -0.15) is 4.31 Å². The number of nitrogens with two attached hydrogens (primary N) is 1. The molecular formula is C14H23N3O2S. The summed E-state index contributed by atoms with van der Waals surface area (Å²) < 4.78 is 27.0. The van der Waals surface area contributed by atoms with E-state index in [2.05, 4.69) is 11.8 Å². The van der Waals surface area contributed by atoms with Gasteiger partial charge in [-0.15, -0.1) is 0 Å². The molecule has 0 radical (unpaired) electrons. The Morgan fingerprint density at radius 2 is 2.05 bits per heavy atom. The van der Waals surface area contributed by atoms with E-state index < -0.39 is 10.0 Å². The van der Waals surface area contributed by atoms with E-state index in [1.54, 1.807) is 22.5 Å². The predicted molar refractivity (Wildman–Crippen MR) is 81.1 cm³/mol. The van der Waals surface area contributed by atoms with Crippen LogP contribution in [0.15, 0.2) is 23.1 Å². The molecule has 20 heavy (non-hydrogen) atoms. The van der Waals surface area contributed by atoms with Crippen LogP contribution in [0, 0.1) is 6.92 Å². The van der Waals surface area contributed by atoms with Crippen LogP contribution in [0.4, 0.5) is 5.69 Å². The molecule has 6 heteroatoms. The number of hydrogen-bond acceptors (Lipinski definition) is 4. The number of nitrogen functional groups attached to an aromatic ring is 1. The number of nitrogens with zero attached hydrogens (tertiary/aromatic N) is 2. The van der Waals surface area contributed by atoms with Gasteiger partial charge in [-0.05, 0) is 44.2 Å². The normalized spacial score (nSPS) is 22.1. The molecule has 112 valence electrons. The van der Waals surface area contributed by atoms with E-state index in [0.717, 1.165) is 18.5 Å². The van der Waals surface area contributed by atoms with Gasteiger partial charge in [0.1, 0.15) is 0 Å². The number of hydrogen-bond donors (Lipinski definition) is 1. The van der Waals surface area contributed by atoms with E-state index in [9.17, 15) is 8.42 Å². The molecule has 1 unspecified atom stereocenters. The number of aryl methyl sites for hydroxylation is 1. The van der Waals surface area contributed by atoms with Crippen LogP contribution in [0.5, 0.6) is 0 Å². The Hall–Kier alpha value is -1.11. The molecule has 0 bridgehead atoms. The van der Waals surface area contributed by atoms with Crippen LogP contribution in [-0.2, 0) is 10.0 Å². The van der Waals surface area contributed by atoms with Gasteiger partial charge >= 0.3 is 0 Å². The first kappa shape index (κ1) is 15.3. The van der Waals surface area contributed by atoms with Crippen molar-refractivity contribution >= 4 is 15.7 Å². The first-order valence-corrected chi connectivity index (χ1v) is 8.36. The molecule has 0 aliphatic carbocycles. The summed E-state index contributed by atoms with van der Waals surface area (Å²) >= 11 is 0. The maximum atomic E-state index is 12.7. The summed E-state index contributed by atoms with van der Waals surface area (Å²) in [7, 11) is -1.37. The average Bonchev–Trinajstić information content (AvgIpc) is 2.42. The molecule has 1 saturated heterocycles. The molecule has 5 nitrogen and oxygen atoms in total. The summed E-state index contributed by atoms with van der Waals surface area (Å²) in [4.78, 5) is 2.56. The van der Waals surface area contributed by atoms with E-state index >= 15 is 0 Å². The van der Waals surface area contributed by atoms with Gasteiger partial charge in [0.05, 0.1) is 4.90 Å². The third-order valence-electron chi connectivity index (χ3n) is 4.09. The quantitative estimate of drug-likeness (QED) is 0.854. The maximum absolute atomic E-state index is 12.7. The van der Waals surface area contributed by atoms with Gasteiger partial charge in [0.15, 0.2) is 0 Å². The second kappa shape index (κ2) is 5.71. The van der Waals surface area contributed by atoms with Crippen LogP contribution in [0.3, 0.4) is 0 Å². The zero-order chi connectivity index (χ0) is 14.9. The molecule has 1 heterocycles. The third kappa shape index (κ3) is 2.82. The Kier molecular flexibility index (Phi) is 4.36. The van der Waals surface area contributed by atoms with Gasteiger partial charge in [0.2, 0.25) is 10.0 Å². The topological polar surface area (TPSA) is 66.6 Å². The van der Waals surface area contributed by atoms with Gasteiger partial charge in [0, 0.05) is 31.4 Å². The summed E-state index contributed by atoms with van der Waals surface area (Å²) in [6, 6.07) is 5.20. The molecule has 1 aliphatic rings. The zero-order valence-corrected chi connectivity index (χ0v) is 13.2. The lowest BCUT2D eigenvalue weighted by atomic mass is 10.1. The lowest BCUT2D eigenvalue weighted by molar-refractivity contribution is 0.144. The van der Waals surface area contributed by atoms with Gasteiger partial charge in [0.25, 0.3) is 0 Å². The first-order chi connectivity index (χ1) is 9.36. The number of likely N-dealkylation sites (N-methyl/N-ethyl adjacent to an activating group) is 1. The molecule has 1 aromatic rings. The Balaban J connectivity index is 2.28. The van der Waals surface area contributed by atoms with E-state index in [1.807, 2.05) is 14.0 Å². The average molecular weight is 297 g/mol. The summed E-state index contributed by atoms with van der Waals surface area (Å²) in [5, 5.41) is 0. The summed E-state index contributed by atoms with van der Waals surface area (Å²) in [6.45, 7) is 5.78. The van der Waals surface area contributed by atoms with Crippen LogP contribution >= 0.6 is 0 Å². The van der Waals surface area contributed by atoms with Crippen LogP contribution in [-0.4, -0.2) is 50.3 Å². The van der Waals surface area contributed by atoms with Crippen LogP contribution in [0.25, 0.3) is 0 Å². The van der Waals surface area contributed by atoms with Crippen molar-refractivity contribution in [1.82, 2.24) is 9.21 Å². The van der Waals surface area contributed by atoms with Gasteiger partial charge in [-0.3, -0.25) is 0 Å². The summed E-state index contributed by atoms with van der Waals surface area (Å²) in [6.07, 6.45) is 0.948. The van der Waals surface area contributed by atoms with Crippen molar-refractivity contribution in [2.24, 2.45) is 0 Å². The van der Waals surface area contributed by atoms with Crippen LogP contribution in [0.1, 0.15) is 18.9 Å². The Morgan fingerprint density at radius 1 is 1.35 bits per heavy atom. The number of sulfonamides is 1. The second-order valence-corrected chi connectivity index (χ2v) is 7.36. The van der Waals surface area contributed by atoms with Crippen molar-refractivity contribution in [3.8, 4) is 0 Å². The molecule has 0 amide bonds. The van der Waals surface area contributed by atoms with E-state index in [1.165, 1.54) is 0 Å². The molecule has 1 aromatic carbocycles. The second-order valence-electron chi connectivity index (χ2n) is 5.42. The van der Waals surface area contributed by atoms with E-state index in [-0.39, 0.29) is 6.04 Å². The van der Waals surface area contributed by atoms with Crippen molar-refractivity contribution in [2.45, 2.75) is 31.2 Å². The monoisotopic (exact) mass is 297 g/mol. The van der Waals surface area contributed by atoms with Crippen molar-refractivity contribution in [1.29, 1.82) is 0 Å². The minimum absolute atomic E-state index is 0.286. The van der Waals surface area contributed by atoms with E-state index in [0.29, 0.717) is 23.7 Å². The lowest BCUT2D eigenvalue weighted by Crippen LogP contribution is -2.52. The fourth-order valence-electron chi connectivity index (χ4n) is 2.53. The Labute approximate surface area is 121 Å². The fraction of sp³-hybridized carbons (Fsp3) is 0.571. The van der Waals surface area contributed by atoms with Gasteiger partial charge in [-0.25, -0.2) is 8.42 Å². The smallest absolute Gasteiger partial charge is 0.243 e. The van der Waals surface area contributed by atoms with Crippen LogP contribution in [0.2, 0.25) is 0 Å². The molecule has 1 aliphatic heterocycles. The Morgan fingerprint density at radius 3 is 2.65 bits per heavy atom. The van der Waals surface area contributed by atoms with Crippen molar-refractivity contribution in [3.63, 3.8) is 0 Å². The van der Waals surface area contributed by atoms with Crippen LogP contribution < -0.4 is 5.73 Å². The van der Waals surface area contributed by atoms with Crippen molar-refractivity contribution < 1.29 is 8.42 Å². The summed E-state index contributed by atoms with van der Waals surface area (Å²) in [5.74, 6) is 0. The third-order valence-corrected chi connectivity index (χ3v) is 5.95. The first-order valence-electron chi connectivity index (χ1n) is 6.92. The molecule has 0 aromatic heterocycles. The molecule has 1 atom stereocenters. The number of anilines is 1. The van der Waals surface area contributed by atoms with Crippen molar-refractivity contribution in [3.05, 3.63) is 23.8 Å². The number of piperazine rings is 1. The SMILES string of the molecule is CCC1CN(S(=O)(=O)c2ccc(N)c(C)c2)CCN1C. The molecule has 0 saturated carbocycles. The molecule has 0 spiro atoms. The Bertz CT molecular complexity index is 586. The minimum Gasteiger partial charge on any atom is -0.399 e. The number of benzene rings is 1. The maximum Gasteiger partial charge on any atom is 0.243 e. The largest absolute Gasteiger partial charge is 0.399 e. The van der Waals surface area contributed by atoms with E-state index in [4.69, 9.17) is 5.73 Å². The molecule has 1 fully saturated rings.